The lowest BCUT2D eigenvalue weighted by Gasteiger charge is -2.36. The molecule has 0 spiro atoms. The van der Waals surface area contributed by atoms with Crippen LogP contribution in [0, 0.1) is 0 Å². The standard InChI is InChI=1S/C16H16F3N7O/c1-24-14-12(9-23-24)15(22-10-21-14)26-6-4-25(5-7-26)13-3-2-11(8-20-13)27-16(17,18)19/h2-3,8-10H,4-7H2,1H3. The number of fused-ring (bicyclic) bond motifs is 1. The molecule has 142 valence electrons. The summed E-state index contributed by atoms with van der Waals surface area (Å²) < 4.78 is 42.2. The number of piperazine rings is 1. The maximum absolute atomic E-state index is 12.2. The number of rotatable bonds is 3. The van der Waals surface area contributed by atoms with E-state index in [0.29, 0.717) is 32.0 Å². The van der Waals surface area contributed by atoms with Crippen molar-refractivity contribution in [3.8, 4) is 5.75 Å². The van der Waals surface area contributed by atoms with Crippen molar-refractivity contribution in [1.82, 2.24) is 24.7 Å². The molecule has 0 atom stereocenters. The number of pyridine rings is 1. The van der Waals surface area contributed by atoms with Gasteiger partial charge in [-0.25, -0.2) is 15.0 Å². The van der Waals surface area contributed by atoms with Crippen molar-refractivity contribution in [2.75, 3.05) is 36.0 Å². The number of nitrogens with zero attached hydrogens (tertiary/aromatic N) is 7. The molecule has 0 aliphatic carbocycles. The molecule has 3 aromatic rings. The largest absolute Gasteiger partial charge is 0.573 e. The molecule has 8 nitrogen and oxygen atoms in total. The van der Waals surface area contributed by atoms with Gasteiger partial charge in [0.2, 0.25) is 0 Å². The summed E-state index contributed by atoms with van der Waals surface area (Å²) in [6.07, 6.45) is -0.368. The molecule has 11 heteroatoms. The van der Waals surface area contributed by atoms with Crippen LogP contribution >= 0.6 is 0 Å². The molecule has 0 bridgehead atoms. The van der Waals surface area contributed by atoms with E-state index in [9.17, 15) is 13.2 Å². The first-order chi connectivity index (χ1) is 12.9. The number of hydrogen-bond donors (Lipinski definition) is 0. The van der Waals surface area contributed by atoms with E-state index in [1.165, 1.54) is 18.5 Å². The van der Waals surface area contributed by atoms with Crippen molar-refractivity contribution in [1.29, 1.82) is 0 Å². The summed E-state index contributed by atoms with van der Waals surface area (Å²) in [5.41, 5.74) is 0.768. The van der Waals surface area contributed by atoms with Gasteiger partial charge in [0, 0.05) is 33.2 Å². The molecule has 1 aliphatic heterocycles. The molecule has 0 unspecified atom stereocenters. The van der Waals surface area contributed by atoms with E-state index in [1.807, 2.05) is 11.9 Å². The van der Waals surface area contributed by atoms with Gasteiger partial charge in [0.15, 0.2) is 5.65 Å². The number of anilines is 2. The van der Waals surface area contributed by atoms with Crippen LogP contribution in [0.5, 0.6) is 5.75 Å². The first-order valence-electron chi connectivity index (χ1n) is 8.25. The lowest BCUT2D eigenvalue weighted by Crippen LogP contribution is -2.47. The van der Waals surface area contributed by atoms with Crippen molar-refractivity contribution in [3.63, 3.8) is 0 Å². The molecule has 3 aromatic heterocycles. The molecule has 0 N–H and O–H groups in total. The molecule has 1 aliphatic rings. The van der Waals surface area contributed by atoms with Crippen LogP contribution < -0.4 is 14.5 Å². The summed E-state index contributed by atoms with van der Waals surface area (Å²) in [4.78, 5) is 16.9. The summed E-state index contributed by atoms with van der Waals surface area (Å²) in [6.45, 7) is 2.73. The minimum absolute atomic E-state index is 0.329. The fourth-order valence-electron chi connectivity index (χ4n) is 3.10. The van der Waals surface area contributed by atoms with Gasteiger partial charge in [-0.1, -0.05) is 0 Å². The fraction of sp³-hybridized carbons (Fsp3) is 0.375. The van der Waals surface area contributed by atoms with Gasteiger partial charge >= 0.3 is 6.36 Å². The lowest BCUT2D eigenvalue weighted by atomic mass is 10.2. The molecular weight excluding hydrogens is 363 g/mol. The Kier molecular flexibility index (Phi) is 4.21. The van der Waals surface area contributed by atoms with Crippen LogP contribution in [-0.2, 0) is 7.05 Å². The Hall–Kier alpha value is -3.11. The van der Waals surface area contributed by atoms with Gasteiger partial charge < -0.3 is 14.5 Å². The van der Waals surface area contributed by atoms with Crippen molar-refractivity contribution in [2.45, 2.75) is 6.36 Å². The average Bonchev–Trinajstić information content (AvgIpc) is 3.03. The second kappa shape index (κ2) is 6.56. The molecule has 27 heavy (non-hydrogen) atoms. The van der Waals surface area contributed by atoms with E-state index in [0.717, 1.165) is 23.0 Å². The van der Waals surface area contributed by atoms with Gasteiger partial charge in [-0.05, 0) is 12.1 Å². The summed E-state index contributed by atoms with van der Waals surface area (Å²) in [7, 11) is 1.83. The molecule has 4 heterocycles. The highest BCUT2D eigenvalue weighted by atomic mass is 19.4. The third kappa shape index (κ3) is 3.57. The van der Waals surface area contributed by atoms with E-state index in [2.05, 4.69) is 29.7 Å². The molecule has 0 radical (unpaired) electrons. The topological polar surface area (TPSA) is 72.2 Å². The third-order valence-corrected chi connectivity index (χ3v) is 4.37. The second-order valence-corrected chi connectivity index (χ2v) is 6.08. The minimum Gasteiger partial charge on any atom is -0.404 e. The highest BCUT2D eigenvalue weighted by molar-refractivity contribution is 5.86. The van der Waals surface area contributed by atoms with Crippen molar-refractivity contribution in [2.24, 2.45) is 7.05 Å². The summed E-state index contributed by atoms with van der Waals surface area (Å²) in [5, 5.41) is 5.11. The van der Waals surface area contributed by atoms with E-state index in [-0.39, 0.29) is 5.75 Å². The van der Waals surface area contributed by atoms with Crippen molar-refractivity contribution < 1.29 is 17.9 Å². The summed E-state index contributed by atoms with van der Waals surface area (Å²) in [5.74, 6) is 1.11. The van der Waals surface area contributed by atoms with E-state index in [1.54, 1.807) is 10.9 Å². The predicted octanol–water partition coefficient (Wildman–Crippen LogP) is 1.98. The number of aryl methyl sites for hydroxylation is 1. The van der Waals surface area contributed by atoms with Gasteiger partial charge in [0.05, 0.1) is 17.8 Å². The zero-order valence-corrected chi connectivity index (χ0v) is 14.4. The number of halogens is 3. The summed E-state index contributed by atoms with van der Waals surface area (Å²) in [6, 6.07) is 2.80. The second-order valence-electron chi connectivity index (χ2n) is 6.08. The Labute approximate surface area is 152 Å². The van der Waals surface area contributed by atoms with Gasteiger partial charge in [-0.3, -0.25) is 4.68 Å². The van der Waals surface area contributed by atoms with E-state index >= 15 is 0 Å². The van der Waals surface area contributed by atoms with Gasteiger partial charge in [0.1, 0.15) is 23.7 Å². The van der Waals surface area contributed by atoms with Gasteiger partial charge in [0.25, 0.3) is 0 Å². The quantitative estimate of drug-likeness (QED) is 0.689. The molecule has 4 rings (SSSR count). The van der Waals surface area contributed by atoms with Crippen LogP contribution in [-0.4, -0.2) is 57.3 Å². The number of hydrogen-bond acceptors (Lipinski definition) is 7. The zero-order chi connectivity index (χ0) is 19.0. The minimum atomic E-state index is -4.72. The highest BCUT2D eigenvalue weighted by Crippen LogP contribution is 2.26. The molecule has 1 fully saturated rings. The summed E-state index contributed by atoms with van der Waals surface area (Å²) >= 11 is 0. The molecule has 0 saturated carbocycles. The third-order valence-electron chi connectivity index (χ3n) is 4.37. The average molecular weight is 379 g/mol. The smallest absolute Gasteiger partial charge is 0.404 e. The van der Waals surface area contributed by atoms with Crippen LogP contribution in [0.4, 0.5) is 24.8 Å². The normalized spacial score (nSPS) is 15.4. The van der Waals surface area contributed by atoms with E-state index in [4.69, 9.17) is 0 Å². The highest BCUT2D eigenvalue weighted by Gasteiger charge is 2.31. The van der Waals surface area contributed by atoms with Crippen LogP contribution in [0.1, 0.15) is 0 Å². The molecule has 0 amide bonds. The molecule has 1 saturated heterocycles. The maximum atomic E-state index is 12.2. The SMILES string of the molecule is Cn1ncc2c(N3CCN(c4ccc(OC(F)(F)F)cn4)CC3)ncnc21. The van der Waals surface area contributed by atoms with E-state index < -0.39 is 6.36 Å². The number of ether oxygens (including phenoxy) is 1. The lowest BCUT2D eigenvalue weighted by molar-refractivity contribution is -0.274. The number of alkyl halides is 3. The fourth-order valence-corrected chi connectivity index (χ4v) is 3.10. The predicted molar refractivity (Wildman–Crippen MR) is 91.7 cm³/mol. The monoisotopic (exact) mass is 379 g/mol. The molecular formula is C16H16F3N7O. The first kappa shape index (κ1) is 17.3. The molecule has 0 aromatic carbocycles. The Bertz CT molecular complexity index is 933. The Morgan fingerprint density at radius 1 is 0.963 bits per heavy atom. The Balaban J connectivity index is 1.44. The van der Waals surface area contributed by atoms with Crippen molar-refractivity contribution >= 4 is 22.7 Å². The van der Waals surface area contributed by atoms with Crippen LogP contribution in [0.3, 0.4) is 0 Å². The number of aromatic nitrogens is 5. The van der Waals surface area contributed by atoms with Crippen LogP contribution in [0.25, 0.3) is 11.0 Å². The van der Waals surface area contributed by atoms with Crippen LogP contribution in [0.2, 0.25) is 0 Å². The Morgan fingerprint density at radius 3 is 2.37 bits per heavy atom. The first-order valence-corrected chi connectivity index (χ1v) is 8.25. The zero-order valence-electron chi connectivity index (χ0n) is 14.4. The maximum Gasteiger partial charge on any atom is 0.573 e. The van der Waals surface area contributed by atoms with Gasteiger partial charge in [-0.2, -0.15) is 5.10 Å². The van der Waals surface area contributed by atoms with Gasteiger partial charge in [-0.15, -0.1) is 13.2 Å². The van der Waals surface area contributed by atoms with Crippen LogP contribution in [0.15, 0.2) is 30.9 Å². The Morgan fingerprint density at radius 2 is 1.70 bits per heavy atom. The van der Waals surface area contributed by atoms with Crippen molar-refractivity contribution in [3.05, 3.63) is 30.9 Å².